The number of benzene rings is 2. The van der Waals surface area contributed by atoms with Crippen LogP contribution in [-0.4, -0.2) is 22.8 Å². The van der Waals surface area contributed by atoms with Gasteiger partial charge in [0.15, 0.2) is 0 Å². The molecule has 0 aliphatic carbocycles. The van der Waals surface area contributed by atoms with E-state index >= 15 is 0 Å². The summed E-state index contributed by atoms with van der Waals surface area (Å²) in [6, 6.07) is 18.6. The lowest BCUT2D eigenvalue weighted by Crippen LogP contribution is -2.40. The van der Waals surface area contributed by atoms with Crippen molar-refractivity contribution in [3.8, 4) is 0 Å². The highest BCUT2D eigenvalue weighted by Crippen LogP contribution is 2.19. The maximum Gasteiger partial charge on any atom is 0.261 e. The van der Waals surface area contributed by atoms with Gasteiger partial charge >= 0.3 is 0 Å². The summed E-state index contributed by atoms with van der Waals surface area (Å²) in [7, 11) is 0. The van der Waals surface area contributed by atoms with Crippen molar-refractivity contribution in [1.82, 2.24) is 4.90 Å². The summed E-state index contributed by atoms with van der Waals surface area (Å²) in [5.74, 6) is -0.490. The van der Waals surface area contributed by atoms with Crippen molar-refractivity contribution < 1.29 is 9.59 Å². The van der Waals surface area contributed by atoms with E-state index in [0.29, 0.717) is 12.0 Å². The van der Waals surface area contributed by atoms with E-state index in [1.165, 1.54) is 11.0 Å². The van der Waals surface area contributed by atoms with Crippen LogP contribution < -0.4 is 0 Å². The Hall–Kier alpha value is -2.68. The Morgan fingerprint density at radius 1 is 0.952 bits per heavy atom. The van der Waals surface area contributed by atoms with Gasteiger partial charge < -0.3 is 0 Å². The van der Waals surface area contributed by atoms with Crippen LogP contribution in [0.3, 0.4) is 0 Å². The molecular formula is C18H15NO2. The second-order valence-corrected chi connectivity index (χ2v) is 5.00. The zero-order valence-corrected chi connectivity index (χ0v) is 11.5. The van der Waals surface area contributed by atoms with Gasteiger partial charge in [0.2, 0.25) is 0 Å². The molecule has 0 saturated carbocycles. The van der Waals surface area contributed by atoms with Crippen molar-refractivity contribution in [2.24, 2.45) is 0 Å². The Balaban J connectivity index is 1.83. The van der Waals surface area contributed by atoms with Gasteiger partial charge in [-0.3, -0.25) is 14.5 Å². The lowest BCUT2D eigenvalue weighted by Gasteiger charge is -2.23. The average Bonchev–Trinajstić information content (AvgIpc) is 2.89. The van der Waals surface area contributed by atoms with Crippen LogP contribution in [0.25, 0.3) is 0 Å². The molecular weight excluding hydrogens is 262 g/mol. The van der Waals surface area contributed by atoms with Crippen molar-refractivity contribution in [2.45, 2.75) is 12.5 Å². The first-order valence-corrected chi connectivity index (χ1v) is 6.90. The minimum absolute atomic E-state index is 0.215. The number of rotatable bonds is 3. The van der Waals surface area contributed by atoms with Gasteiger partial charge in [0.05, 0.1) is 6.04 Å². The molecule has 1 aliphatic rings. The average molecular weight is 277 g/mol. The van der Waals surface area contributed by atoms with Gasteiger partial charge in [0.1, 0.15) is 0 Å². The predicted octanol–water partition coefficient (Wildman–Crippen LogP) is 2.84. The Morgan fingerprint density at radius 3 is 2.24 bits per heavy atom. The number of hydrogen-bond donors (Lipinski definition) is 0. The van der Waals surface area contributed by atoms with Crippen molar-refractivity contribution in [1.29, 1.82) is 0 Å². The van der Waals surface area contributed by atoms with Crippen LogP contribution in [0.5, 0.6) is 0 Å². The van der Waals surface area contributed by atoms with Gasteiger partial charge in [-0.1, -0.05) is 54.6 Å². The summed E-state index contributed by atoms with van der Waals surface area (Å²) in [5, 5.41) is 0. The van der Waals surface area contributed by atoms with E-state index < -0.39 is 0 Å². The molecule has 3 rings (SSSR count). The minimum atomic E-state index is -0.246. The minimum Gasteiger partial charge on any atom is -0.269 e. The quantitative estimate of drug-likeness (QED) is 0.809. The standard InChI is InChI=1S/C18H15NO2/c20-17-12-11-16(13-14-7-3-1-4-8-14)19(17)18(21)15-9-5-2-6-10-15/h1-12,16H,13H2. The number of nitrogens with zero attached hydrogens (tertiary/aromatic N) is 1. The van der Waals surface area contributed by atoms with E-state index in [-0.39, 0.29) is 17.9 Å². The number of amides is 2. The predicted molar refractivity (Wildman–Crippen MR) is 80.7 cm³/mol. The van der Waals surface area contributed by atoms with Crippen LogP contribution in [0.1, 0.15) is 15.9 Å². The Kier molecular flexibility index (Phi) is 3.65. The molecule has 1 heterocycles. The second-order valence-electron chi connectivity index (χ2n) is 5.00. The van der Waals surface area contributed by atoms with Gasteiger partial charge in [-0.25, -0.2) is 0 Å². The van der Waals surface area contributed by atoms with Crippen LogP contribution >= 0.6 is 0 Å². The molecule has 0 bridgehead atoms. The number of carbonyl (C=O) groups is 2. The highest BCUT2D eigenvalue weighted by molar-refractivity contribution is 6.09. The molecule has 0 saturated heterocycles. The zero-order chi connectivity index (χ0) is 14.7. The van der Waals surface area contributed by atoms with Crippen molar-refractivity contribution in [3.05, 3.63) is 83.9 Å². The van der Waals surface area contributed by atoms with Crippen molar-refractivity contribution >= 4 is 11.8 Å². The van der Waals surface area contributed by atoms with Crippen LogP contribution in [0.15, 0.2) is 72.8 Å². The third kappa shape index (κ3) is 2.77. The highest BCUT2D eigenvalue weighted by atomic mass is 16.2. The molecule has 2 aromatic rings. The first kappa shape index (κ1) is 13.3. The van der Waals surface area contributed by atoms with E-state index in [1.807, 2.05) is 36.4 Å². The van der Waals surface area contributed by atoms with E-state index in [0.717, 1.165) is 5.56 Å². The SMILES string of the molecule is O=C1C=CC(Cc2ccccc2)N1C(=O)c1ccccc1. The first-order valence-electron chi connectivity index (χ1n) is 6.90. The maximum absolute atomic E-state index is 12.5. The summed E-state index contributed by atoms with van der Waals surface area (Å²) in [4.78, 5) is 25.9. The fourth-order valence-corrected chi connectivity index (χ4v) is 2.51. The third-order valence-electron chi connectivity index (χ3n) is 3.56. The molecule has 3 nitrogen and oxygen atoms in total. The first-order chi connectivity index (χ1) is 10.3. The van der Waals surface area contributed by atoms with Gasteiger partial charge in [-0.05, 0) is 24.1 Å². The van der Waals surface area contributed by atoms with E-state index in [9.17, 15) is 9.59 Å². The molecule has 1 atom stereocenters. The molecule has 0 spiro atoms. The van der Waals surface area contributed by atoms with Gasteiger partial charge in [0.25, 0.3) is 11.8 Å². The van der Waals surface area contributed by atoms with Crippen molar-refractivity contribution in [2.75, 3.05) is 0 Å². The molecule has 0 radical (unpaired) electrons. The highest BCUT2D eigenvalue weighted by Gasteiger charge is 2.32. The van der Waals surface area contributed by atoms with Crippen LogP contribution in [0.4, 0.5) is 0 Å². The molecule has 104 valence electrons. The van der Waals surface area contributed by atoms with Gasteiger partial charge in [-0.2, -0.15) is 0 Å². The summed E-state index contributed by atoms with van der Waals surface area (Å²) < 4.78 is 0. The summed E-state index contributed by atoms with van der Waals surface area (Å²) >= 11 is 0. The van der Waals surface area contributed by atoms with E-state index in [2.05, 4.69) is 0 Å². The van der Waals surface area contributed by atoms with Gasteiger partial charge in [0, 0.05) is 11.6 Å². The molecule has 21 heavy (non-hydrogen) atoms. The lowest BCUT2D eigenvalue weighted by atomic mass is 10.1. The lowest BCUT2D eigenvalue weighted by molar-refractivity contribution is -0.123. The zero-order valence-electron chi connectivity index (χ0n) is 11.5. The van der Waals surface area contributed by atoms with Crippen LogP contribution in [-0.2, 0) is 11.2 Å². The Bertz CT molecular complexity index is 677. The normalized spacial score (nSPS) is 17.2. The fourth-order valence-electron chi connectivity index (χ4n) is 2.51. The summed E-state index contributed by atoms with van der Waals surface area (Å²) in [6.45, 7) is 0. The fraction of sp³-hybridized carbons (Fsp3) is 0.111. The number of imide groups is 1. The Morgan fingerprint density at radius 2 is 1.57 bits per heavy atom. The molecule has 0 fully saturated rings. The van der Waals surface area contributed by atoms with E-state index in [1.54, 1.807) is 30.3 Å². The summed E-state index contributed by atoms with van der Waals surface area (Å²) in [6.07, 6.45) is 3.92. The molecule has 2 aromatic carbocycles. The second kappa shape index (κ2) is 5.75. The van der Waals surface area contributed by atoms with E-state index in [4.69, 9.17) is 0 Å². The molecule has 3 heteroatoms. The van der Waals surface area contributed by atoms with Gasteiger partial charge in [-0.15, -0.1) is 0 Å². The van der Waals surface area contributed by atoms with Crippen LogP contribution in [0, 0.1) is 0 Å². The maximum atomic E-state index is 12.5. The number of carbonyl (C=O) groups excluding carboxylic acids is 2. The molecule has 0 aromatic heterocycles. The summed E-state index contributed by atoms with van der Waals surface area (Å²) in [5.41, 5.74) is 1.64. The smallest absolute Gasteiger partial charge is 0.261 e. The Labute approximate surface area is 123 Å². The number of hydrogen-bond acceptors (Lipinski definition) is 2. The van der Waals surface area contributed by atoms with Crippen molar-refractivity contribution in [3.63, 3.8) is 0 Å². The monoisotopic (exact) mass is 277 g/mol. The molecule has 0 N–H and O–H groups in total. The topological polar surface area (TPSA) is 37.4 Å². The van der Waals surface area contributed by atoms with Crippen LogP contribution in [0.2, 0.25) is 0 Å². The molecule has 1 aliphatic heterocycles. The molecule has 1 unspecified atom stereocenters. The largest absolute Gasteiger partial charge is 0.269 e. The third-order valence-corrected chi connectivity index (χ3v) is 3.56. The molecule has 2 amide bonds.